The van der Waals surface area contributed by atoms with Gasteiger partial charge in [0.1, 0.15) is 5.82 Å². The maximum atomic E-state index is 13.1. The molecule has 2 aromatic rings. The molecular formula is C12H8BrClFN. The highest BCUT2D eigenvalue weighted by Crippen LogP contribution is 2.26. The predicted octanol–water partition coefficient (Wildman–Crippen LogP) is 4.44. The summed E-state index contributed by atoms with van der Waals surface area (Å²) >= 11 is 9.36. The minimum Gasteiger partial charge on any atom is -0.250 e. The number of hydrogen-bond acceptors (Lipinski definition) is 1. The molecule has 4 heteroatoms. The van der Waals surface area contributed by atoms with Crippen molar-refractivity contribution in [3.63, 3.8) is 0 Å². The number of hydrogen-bond donors (Lipinski definition) is 0. The number of pyridine rings is 1. The summed E-state index contributed by atoms with van der Waals surface area (Å²) in [5.74, 6) is -0.292. The zero-order chi connectivity index (χ0) is 11.5. The Hall–Kier alpha value is -0.930. The van der Waals surface area contributed by atoms with Gasteiger partial charge in [0, 0.05) is 10.9 Å². The average molecular weight is 301 g/mol. The minimum absolute atomic E-state index is 0.292. The Morgan fingerprint density at radius 1 is 1.25 bits per heavy atom. The number of aromatic nitrogens is 1. The summed E-state index contributed by atoms with van der Waals surface area (Å²) in [6.45, 7) is 0. The molecule has 0 amide bonds. The molecule has 1 heterocycles. The molecule has 0 bridgehead atoms. The maximum Gasteiger partial charge on any atom is 0.123 e. The average Bonchev–Trinajstić information content (AvgIpc) is 2.30. The normalized spacial score (nSPS) is 10.4. The molecule has 0 atom stereocenters. The van der Waals surface area contributed by atoms with Crippen molar-refractivity contribution in [1.82, 2.24) is 4.98 Å². The van der Waals surface area contributed by atoms with Gasteiger partial charge >= 0.3 is 0 Å². The molecule has 0 unspecified atom stereocenters. The van der Waals surface area contributed by atoms with Gasteiger partial charge in [0.15, 0.2) is 0 Å². The molecule has 82 valence electrons. The van der Waals surface area contributed by atoms with E-state index in [2.05, 4.69) is 20.9 Å². The lowest BCUT2D eigenvalue weighted by Crippen LogP contribution is -1.90. The fraction of sp³-hybridized carbons (Fsp3) is 0.0833. The van der Waals surface area contributed by atoms with Gasteiger partial charge in [0.2, 0.25) is 0 Å². The molecule has 1 aromatic heterocycles. The summed E-state index contributed by atoms with van der Waals surface area (Å²) in [5.41, 5.74) is 2.16. The Balaban J connectivity index is 2.54. The van der Waals surface area contributed by atoms with E-state index in [-0.39, 0.29) is 5.82 Å². The van der Waals surface area contributed by atoms with E-state index in [1.165, 1.54) is 12.1 Å². The molecule has 0 aliphatic rings. The summed E-state index contributed by atoms with van der Waals surface area (Å²) in [6.07, 6.45) is 0. The summed E-state index contributed by atoms with van der Waals surface area (Å²) in [7, 11) is 0. The van der Waals surface area contributed by atoms with Gasteiger partial charge in [-0.1, -0.05) is 39.7 Å². The molecule has 0 N–H and O–H groups in total. The van der Waals surface area contributed by atoms with Crippen LogP contribution in [0.4, 0.5) is 4.39 Å². The second-order valence-electron chi connectivity index (χ2n) is 3.28. The van der Waals surface area contributed by atoms with E-state index in [1.54, 1.807) is 18.2 Å². The predicted molar refractivity (Wildman–Crippen MR) is 67.3 cm³/mol. The van der Waals surface area contributed by atoms with Crippen molar-refractivity contribution in [3.8, 4) is 11.3 Å². The number of rotatable bonds is 2. The lowest BCUT2D eigenvalue weighted by molar-refractivity contribution is 0.628. The van der Waals surface area contributed by atoms with Gasteiger partial charge in [0.25, 0.3) is 0 Å². The summed E-state index contributed by atoms with van der Waals surface area (Å²) in [6, 6.07) is 9.85. The third-order valence-corrected chi connectivity index (χ3v) is 3.02. The van der Waals surface area contributed by atoms with Crippen LogP contribution in [0.2, 0.25) is 5.02 Å². The van der Waals surface area contributed by atoms with Gasteiger partial charge in [-0.15, -0.1) is 0 Å². The molecule has 0 fully saturated rings. The summed E-state index contributed by atoms with van der Waals surface area (Å²) < 4.78 is 13.1. The van der Waals surface area contributed by atoms with E-state index < -0.39 is 0 Å². The van der Waals surface area contributed by atoms with Crippen LogP contribution in [0.5, 0.6) is 0 Å². The van der Waals surface area contributed by atoms with Crippen molar-refractivity contribution < 1.29 is 4.39 Å². The first kappa shape index (κ1) is 11.6. The lowest BCUT2D eigenvalue weighted by atomic mass is 10.1. The van der Waals surface area contributed by atoms with Crippen LogP contribution in [-0.4, -0.2) is 4.98 Å². The van der Waals surface area contributed by atoms with Crippen molar-refractivity contribution in [3.05, 3.63) is 52.9 Å². The van der Waals surface area contributed by atoms with Gasteiger partial charge in [-0.25, -0.2) is 4.39 Å². The second-order valence-corrected chi connectivity index (χ2v) is 4.24. The Morgan fingerprint density at radius 2 is 2.06 bits per heavy atom. The molecule has 0 saturated carbocycles. The molecule has 0 radical (unpaired) electrons. The van der Waals surface area contributed by atoms with E-state index in [9.17, 15) is 4.39 Å². The Kier molecular flexibility index (Phi) is 3.56. The van der Waals surface area contributed by atoms with E-state index in [0.29, 0.717) is 21.6 Å². The largest absolute Gasteiger partial charge is 0.250 e. The van der Waals surface area contributed by atoms with Crippen LogP contribution in [-0.2, 0) is 5.33 Å². The SMILES string of the molecule is Fc1cccc(-c2nc(CBr)ccc2Cl)c1. The van der Waals surface area contributed by atoms with Crippen LogP contribution in [0.1, 0.15) is 5.69 Å². The minimum atomic E-state index is -0.292. The summed E-state index contributed by atoms with van der Waals surface area (Å²) in [5, 5.41) is 1.17. The van der Waals surface area contributed by atoms with Crippen molar-refractivity contribution in [2.45, 2.75) is 5.33 Å². The Morgan fingerprint density at radius 3 is 2.75 bits per heavy atom. The van der Waals surface area contributed by atoms with Gasteiger partial charge < -0.3 is 0 Å². The molecule has 0 spiro atoms. The number of nitrogens with zero attached hydrogens (tertiary/aromatic N) is 1. The second kappa shape index (κ2) is 4.93. The highest BCUT2D eigenvalue weighted by molar-refractivity contribution is 9.08. The van der Waals surface area contributed by atoms with Gasteiger partial charge in [-0.05, 0) is 24.3 Å². The molecular weight excluding hydrogens is 292 g/mol. The maximum absolute atomic E-state index is 13.1. The van der Waals surface area contributed by atoms with Crippen molar-refractivity contribution in [2.24, 2.45) is 0 Å². The van der Waals surface area contributed by atoms with E-state index in [4.69, 9.17) is 11.6 Å². The number of alkyl halides is 1. The van der Waals surface area contributed by atoms with Crippen molar-refractivity contribution >= 4 is 27.5 Å². The van der Waals surface area contributed by atoms with Crippen LogP contribution in [0.15, 0.2) is 36.4 Å². The van der Waals surface area contributed by atoms with E-state index in [1.807, 2.05) is 6.07 Å². The first-order valence-electron chi connectivity index (χ1n) is 4.68. The standard InChI is InChI=1S/C12H8BrClFN/c13-7-10-4-5-11(14)12(16-10)8-2-1-3-9(15)6-8/h1-6H,7H2. The van der Waals surface area contributed by atoms with E-state index >= 15 is 0 Å². The van der Waals surface area contributed by atoms with Gasteiger partial charge in [0.05, 0.1) is 16.4 Å². The zero-order valence-corrected chi connectivity index (χ0v) is 10.6. The lowest BCUT2D eigenvalue weighted by Gasteiger charge is -2.05. The first-order chi connectivity index (χ1) is 7.70. The highest BCUT2D eigenvalue weighted by atomic mass is 79.9. The molecule has 0 saturated heterocycles. The zero-order valence-electron chi connectivity index (χ0n) is 8.25. The van der Waals surface area contributed by atoms with Gasteiger partial charge in [-0.3, -0.25) is 4.98 Å². The van der Waals surface area contributed by atoms with E-state index in [0.717, 1.165) is 5.69 Å². The fourth-order valence-corrected chi connectivity index (χ4v) is 1.92. The smallest absolute Gasteiger partial charge is 0.123 e. The monoisotopic (exact) mass is 299 g/mol. The molecule has 1 aromatic carbocycles. The van der Waals surface area contributed by atoms with Crippen LogP contribution >= 0.6 is 27.5 Å². The molecule has 2 rings (SSSR count). The van der Waals surface area contributed by atoms with Gasteiger partial charge in [-0.2, -0.15) is 0 Å². The molecule has 1 nitrogen and oxygen atoms in total. The quantitative estimate of drug-likeness (QED) is 0.747. The van der Waals surface area contributed by atoms with Crippen LogP contribution in [0, 0.1) is 5.82 Å². The number of halogens is 3. The van der Waals surface area contributed by atoms with Crippen LogP contribution in [0.25, 0.3) is 11.3 Å². The third-order valence-electron chi connectivity index (χ3n) is 2.14. The van der Waals surface area contributed by atoms with Crippen molar-refractivity contribution in [1.29, 1.82) is 0 Å². The topological polar surface area (TPSA) is 12.9 Å². The fourth-order valence-electron chi connectivity index (χ4n) is 1.40. The third kappa shape index (κ3) is 2.42. The Labute approximate surface area is 106 Å². The van der Waals surface area contributed by atoms with Crippen molar-refractivity contribution in [2.75, 3.05) is 0 Å². The summed E-state index contributed by atoms with van der Waals surface area (Å²) in [4.78, 5) is 4.36. The first-order valence-corrected chi connectivity index (χ1v) is 6.18. The van der Waals surface area contributed by atoms with Crippen LogP contribution < -0.4 is 0 Å². The highest BCUT2D eigenvalue weighted by Gasteiger charge is 2.07. The number of benzene rings is 1. The Bertz CT molecular complexity index is 516. The molecule has 0 aliphatic carbocycles. The van der Waals surface area contributed by atoms with Crippen LogP contribution in [0.3, 0.4) is 0 Å². The molecule has 0 aliphatic heterocycles. The molecule has 16 heavy (non-hydrogen) atoms.